The Balaban J connectivity index is 1.54. The van der Waals surface area contributed by atoms with E-state index in [9.17, 15) is 9.59 Å². The Bertz CT molecular complexity index is 1430. The first-order valence-electron chi connectivity index (χ1n) is 12.4. The summed E-state index contributed by atoms with van der Waals surface area (Å²) in [6, 6.07) is 17.5. The van der Waals surface area contributed by atoms with Gasteiger partial charge in [0.05, 0.1) is 17.6 Å². The summed E-state index contributed by atoms with van der Waals surface area (Å²) in [5.41, 5.74) is 2.82. The van der Waals surface area contributed by atoms with E-state index in [2.05, 4.69) is 11.9 Å². The van der Waals surface area contributed by atoms with Gasteiger partial charge in [0, 0.05) is 24.0 Å². The van der Waals surface area contributed by atoms with Gasteiger partial charge in [0.1, 0.15) is 16.4 Å². The number of nitrogens with one attached hydrogen (secondary N) is 1. The fraction of sp³-hybridized carbons (Fsp3) is 0.276. The van der Waals surface area contributed by atoms with Crippen LogP contribution in [0.3, 0.4) is 0 Å². The lowest BCUT2D eigenvalue weighted by Gasteiger charge is -2.17. The number of hydrogen-bond donors (Lipinski definition) is 1. The van der Waals surface area contributed by atoms with Gasteiger partial charge in [0.2, 0.25) is 0 Å². The third kappa shape index (κ3) is 5.11. The number of unbranched alkanes of at least 4 members (excludes halogenated alkanes) is 1. The number of ether oxygens (including phenoxy) is 1. The summed E-state index contributed by atoms with van der Waals surface area (Å²) >= 11 is 1.42. The highest BCUT2D eigenvalue weighted by molar-refractivity contribution is 7.17. The van der Waals surface area contributed by atoms with Gasteiger partial charge in [-0.25, -0.2) is 4.98 Å². The maximum absolute atomic E-state index is 13.5. The molecule has 6 nitrogen and oxygen atoms in total. The first-order chi connectivity index (χ1) is 17.6. The Morgan fingerprint density at radius 1 is 1.11 bits per heavy atom. The fourth-order valence-corrected chi connectivity index (χ4v) is 5.34. The number of benzene rings is 2. The van der Waals surface area contributed by atoms with Gasteiger partial charge < -0.3 is 14.6 Å². The average molecular weight is 500 g/mol. The van der Waals surface area contributed by atoms with E-state index < -0.39 is 0 Å². The van der Waals surface area contributed by atoms with Crippen LogP contribution >= 0.6 is 11.3 Å². The lowest BCUT2D eigenvalue weighted by molar-refractivity contribution is -0.123. The second-order valence-corrected chi connectivity index (χ2v) is 9.80. The number of rotatable bonds is 8. The van der Waals surface area contributed by atoms with Gasteiger partial charge >= 0.3 is 0 Å². The van der Waals surface area contributed by atoms with Crippen LogP contribution in [-0.2, 0) is 4.79 Å². The van der Waals surface area contributed by atoms with Gasteiger partial charge in [-0.1, -0.05) is 55.8 Å². The van der Waals surface area contributed by atoms with Crippen LogP contribution in [-0.4, -0.2) is 40.5 Å². The van der Waals surface area contributed by atoms with Gasteiger partial charge in [-0.05, 0) is 48.6 Å². The molecule has 0 atom stereocenters. The number of fused-ring (bicyclic) bond motifs is 1. The number of aromatic amines is 1. The molecule has 0 spiro atoms. The molecule has 0 aliphatic carbocycles. The molecule has 1 fully saturated rings. The summed E-state index contributed by atoms with van der Waals surface area (Å²) in [5.74, 6) is 0.986. The molecule has 1 N–H and O–H groups in total. The number of nitrogens with zero attached hydrogens (tertiary/aromatic N) is 2. The molecule has 2 aromatic carbocycles. The molecule has 5 rings (SSSR count). The van der Waals surface area contributed by atoms with E-state index in [4.69, 9.17) is 9.72 Å². The molecule has 4 aromatic rings. The van der Waals surface area contributed by atoms with Crippen molar-refractivity contribution < 1.29 is 9.53 Å². The lowest BCUT2D eigenvalue weighted by Crippen LogP contribution is -2.29. The summed E-state index contributed by atoms with van der Waals surface area (Å²) < 4.78 is 5.77. The Hall–Kier alpha value is -3.71. The van der Waals surface area contributed by atoms with Gasteiger partial charge in [-0.15, -0.1) is 11.3 Å². The average Bonchev–Trinajstić information content (AvgIpc) is 3.59. The second-order valence-electron chi connectivity index (χ2n) is 8.94. The van der Waals surface area contributed by atoms with E-state index >= 15 is 0 Å². The number of amides is 1. The quantitative estimate of drug-likeness (QED) is 0.239. The van der Waals surface area contributed by atoms with Gasteiger partial charge in [-0.2, -0.15) is 0 Å². The number of H-pyrrole nitrogens is 1. The molecular weight excluding hydrogens is 470 g/mol. The molecule has 36 heavy (non-hydrogen) atoms. The monoisotopic (exact) mass is 499 g/mol. The molecule has 1 saturated heterocycles. The highest BCUT2D eigenvalue weighted by Crippen LogP contribution is 2.31. The minimum Gasteiger partial charge on any atom is -0.494 e. The largest absolute Gasteiger partial charge is 0.494 e. The van der Waals surface area contributed by atoms with Crippen LogP contribution in [0.15, 0.2) is 64.8 Å². The molecule has 3 heterocycles. The first-order valence-corrected chi connectivity index (χ1v) is 13.3. The second kappa shape index (κ2) is 10.9. The van der Waals surface area contributed by atoms with Crippen LogP contribution in [0.4, 0.5) is 0 Å². The molecule has 7 heteroatoms. The zero-order chi connectivity index (χ0) is 24.9. The van der Waals surface area contributed by atoms with Crippen molar-refractivity contribution in [1.82, 2.24) is 14.9 Å². The third-order valence-corrected chi connectivity index (χ3v) is 7.24. The van der Waals surface area contributed by atoms with Crippen molar-refractivity contribution in [3.63, 3.8) is 0 Å². The number of hydrogen-bond acceptors (Lipinski definition) is 5. The van der Waals surface area contributed by atoms with Crippen LogP contribution in [0.5, 0.6) is 5.75 Å². The lowest BCUT2D eigenvalue weighted by atomic mass is 10.1. The molecule has 1 aliphatic rings. The van der Waals surface area contributed by atoms with E-state index in [0.717, 1.165) is 48.1 Å². The number of likely N-dealkylation sites (tertiary alicyclic amines) is 1. The first kappa shape index (κ1) is 24.0. The molecule has 0 saturated carbocycles. The van der Waals surface area contributed by atoms with Crippen LogP contribution < -0.4 is 10.3 Å². The topological polar surface area (TPSA) is 75.3 Å². The van der Waals surface area contributed by atoms with Crippen LogP contribution in [0.25, 0.3) is 33.0 Å². The van der Waals surface area contributed by atoms with E-state index in [1.807, 2.05) is 71.0 Å². The molecule has 1 aliphatic heterocycles. The molecule has 1 amide bonds. The Kier molecular flexibility index (Phi) is 7.28. The maximum atomic E-state index is 13.5. The number of carbonyl (C=O) groups is 1. The van der Waals surface area contributed by atoms with Crippen LogP contribution in [0.1, 0.15) is 44.0 Å². The van der Waals surface area contributed by atoms with Crippen molar-refractivity contribution >= 4 is 39.1 Å². The Morgan fingerprint density at radius 2 is 1.86 bits per heavy atom. The Labute approximate surface area is 214 Å². The summed E-state index contributed by atoms with van der Waals surface area (Å²) in [7, 11) is 0. The number of carbonyl (C=O) groups excluding carboxylic acids is 1. The van der Waals surface area contributed by atoms with E-state index in [0.29, 0.717) is 41.3 Å². The zero-order valence-electron chi connectivity index (χ0n) is 20.3. The SMILES string of the molecule is CCCCOc1ccc(C=C(C(=O)N2CCCC2)c2nc3scc(-c4ccccc4)c3c(=O)[nH]2)cc1. The molecule has 184 valence electrons. The maximum Gasteiger partial charge on any atom is 0.260 e. The summed E-state index contributed by atoms with van der Waals surface area (Å²) in [6.45, 7) is 4.24. The van der Waals surface area contributed by atoms with Crippen molar-refractivity contribution in [2.24, 2.45) is 0 Å². The third-order valence-electron chi connectivity index (χ3n) is 6.37. The summed E-state index contributed by atoms with van der Waals surface area (Å²) in [4.78, 5) is 36.9. The van der Waals surface area contributed by atoms with E-state index in [1.54, 1.807) is 0 Å². The van der Waals surface area contributed by atoms with Crippen LogP contribution in [0.2, 0.25) is 0 Å². The number of aromatic nitrogens is 2. The minimum absolute atomic E-state index is 0.113. The highest BCUT2D eigenvalue weighted by Gasteiger charge is 2.25. The van der Waals surface area contributed by atoms with Crippen LogP contribution in [0, 0.1) is 0 Å². The minimum atomic E-state index is -0.241. The molecular formula is C29H29N3O3S. The van der Waals surface area contributed by atoms with Gasteiger partial charge in [0.15, 0.2) is 0 Å². The van der Waals surface area contributed by atoms with Crippen molar-refractivity contribution in [1.29, 1.82) is 0 Å². The van der Waals surface area contributed by atoms with E-state index in [1.165, 1.54) is 11.3 Å². The Morgan fingerprint density at radius 3 is 2.58 bits per heavy atom. The highest BCUT2D eigenvalue weighted by atomic mass is 32.1. The number of thiophene rings is 1. The molecule has 2 aromatic heterocycles. The predicted octanol–water partition coefficient (Wildman–Crippen LogP) is 5.99. The fourth-order valence-electron chi connectivity index (χ4n) is 4.39. The normalized spacial score (nSPS) is 13.9. The van der Waals surface area contributed by atoms with Crippen molar-refractivity contribution in [3.05, 3.63) is 81.7 Å². The van der Waals surface area contributed by atoms with Gasteiger partial charge in [-0.3, -0.25) is 9.59 Å². The van der Waals surface area contributed by atoms with E-state index in [-0.39, 0.29) is 11.5 Å². The smallest absolute Gasteiger partial charge is 0.260 e. The van der Waals surface area contributed by atoms with Crippen molar-refractivity contribution in [3.8, 4) is 16.9 Å². The molecule has 0 unspecified atom stereocenters. The zero-order valence-corrected chi connectivity index (χ0v) is 21.1. The molecule has 0 bridgehead atoms. The van der Waals surface area contributed by atoms with Crippen molar-refractivity contribution in [2.45, 2.75) is 32.6 Å². The predicted molar refractivity (Wildman–Crippen MR) is 146 cm³/mol. The van der Waals surface area contributed by atoms with Crippen molar-refractivity contribution in [2.75, 3.05) is 19.7 Å². The standard InChI is InChI=1S/C29H29N3O3S/c1-2-3-17-35-22-13-11-20(12-14-22)18-23(29(34)32-15-7-8-16-32)26-30-27(33)25-24(19-36-28(25)31-26)21-9-5-4-6-10-21/h4-6,9-14,18-19H,2-3,7-8,15-17H2,1H3,(H,30,31,33). The summed E-state index contributed by atoms with van der Waals surface area (Å²) in [5, 5.41) is 2.51. The molecule has 0 radical (unpaired) electrons. The summed E-state index contributed by atoms with van der Waals surface area (Å²) in [6.07, 6.45) is 5.86. The van der Waals surface area contributed by atoms with Gasteiger partial charge in [0.25, 0.3) is 11.5 Å².